The summed E-state index contributed by atoms with van der Waals surface area (Å²) in [6.07, 6.45) is 5.19. The summed E-state index contributed by atoms with van der Waals surface area (Å²) in [5.74, 6) is 0.0594. The molecule has 1 fully saturated rings. The zero-order valence-electron chi connectivity index (χ0n) is 8.14. The van der Waals surface area contributed by atoms with Gasteiger partial charge in [-0.15, -0.1) is 11.8 Å². The van der Waals surface area contributed by atoms with E-state index in [0.29, 0.717) is 6.54 Å². The van der Waals surface area contributed by atoms with Crippen LogP contribution in [0.5, 0.6) is 0 Å². The van der Waals surface area contributed by atoms with Crippen molar-refractivity contribution in [3.63, 3.8) is 0 Å². The first-order chi connectivity index (χ1) is 6.22. The number of thioether (sulfide) groups is 1. The topological polar surface area (TPSA) is 53.2 Å². The zero-order valence-corrected chi connectivity index (χ0v) is 8.96. The van der Waals surface area contributed by atoms with E-state index in [9.17, 15) is 4.79 Å². The minimum absolute atomic E-state index is 0.0594. The van der Waals surface area contributed by atoms with Gasteiger partial charge < -0.3 is 5.32 Å². The van der Waals surface area contributed by atoms with E-state index >= 15 is 0 Å². The van der Waals surface area contributed by atoms with Crippen molar-refractivity contribution in [3.05, 3.63) is 0 Å². The fourth-order valence-electron chi connectivity index (χ4n) is 1.32. The van der Waals surface area contributed by atoms with Crippen molar-refractivity contribution < 1.29 is 4.79 Å². The third kappa shape index (κ3) is 2.86. The Morgan fingerprint density at radius 3 is 2.92 bits per heavy atom. The van der Waals surface area contributed by atoms with Gasteiger partial charge in [-0.05, 0) is 19.1 Å². The van der Waals surface area contributed by atoms with Gasteiger partial charge in [0.2, 0.25) is 5.91 Å². The fourth-order valence-corrected chi connectivity index (χ4v) is 2.06. The summed E-state index contributed by atoms with van der Waals surface area (Å²) in [6.45, 7) is 2.50. The van der Waals surface area contributed by atoms with Crippen molar-refractivity contribution in [1.82, 2.24) is 16.2 Å². The van der Waals surface area contributed by atoms with Gasteiger partial charge in [0.05, 0.1) is 6.54 Å². The highest BCUT2D eigenvalue weighted by molar-refractivity contribution is 7.99. The largest absolute Gasteiger partial charge is 0.327 e. The maximum atomic E-state index is 11.2. The van der Waals surface area contributed by atoms with E-state index in [1.54, 1.807) is 11.8 Å². The van der Waals surface area contributed by atoms with Crippen molar-refractivity contribution in [1.29, 1.82) is 0 Å². The van der Waals surface area contributed by atoms with Gasteiger partial charge in [0.25, 0.3) is 0 Å². The van der Waals surface area contributed by atoms with Crippen LogP contribution in [0.4, 0.5) is 0 Å². The molecule has 0 aromatic heterocycles. The fraction of sp³-hybridized carbons (Fsp3) is 0.875. The smallest absolute Gasteiger partial charge is 0.237 e. The molecule has 4 nitrogen and oxygen atoms in total. The SMILES string of the molecule is CCCCC1(SC)NNCC(=O)N1. The second kappa shape index (κ2) is 4.83. The van der Waals surface area contributed by atoms with E-state index in [0.717, 1.165) is 19.3 Å². The van der Waals surface area contributed by atoms with Crippen LogP contribution in [0.1, 0.15) is 26.2 Å². The lowest BCUT2D eigenvalue weighted by atomic mass is 10.2. The summed E-state index contributed by atoms with van der Waals surface area (Å²) < 4.78 is 0. The molecule has 13 heavy (non-hydrogen) atoms. The Hall–Kier alpha value is -0.260. The predicted octanol–water partition coefficient (Wildman–Crippen LogP) is 0.417. The van der Waals surface area contributed by atoms with Crippen LogP contribution in [-0.2, 0) is 4.79 Å². The Labute approximate surface area is 83.2 Å². The molecule has 1 amide bonds. The number of rotatable bonds is 4. The van der Waals surface area contributed by atoms with Crippen molar-refractivity contribution in [3.8, 4) is 0 Å². The predicted molar refractivity (Wildman–Crippen MR) is 55.1 cm³/mol. The maximum absolute atomic E-state index is 11.2. The maximum Gasteiger partial charge on any atom is 0.237 e. The monoisotopic (exact) mass is 203 g/mol. The average Bonchev–Trinajstić information content (AvgIpc) is 2.15. The molecule has 0 spiro atoms. The number of unbranched alkanes of at least 4 members (excludes halogenated alkanes) is 1. The lowest BCUT2D eigenvalue weighted by Gasteiger charge is -2.37. The van der Waals surface area contributed by atoms with Gasteiger partial charge in [0.1, 0.15) is 0 Å². The van der Waals surface area contributed by atoms with Crippen LogP contribution in [-0.4, -0.2) is 23.7 Å². The lowest BCUT2D eigenvalue weighted by molar-refractivity contribution is -0.123. The van der Waals surface area contributed by atoms with Gasteiger partial charge in [-0.1, -0.05) is 13.3 Å². The van der Waals surface area contributed by atoms with Crippen molar-refractivity contribution in [2.24, 2.45) is 0 Å². The first-order valence-electron chi connectivity index (χ1n) is 4.58. The van der Waals surface area contributed by atoms with Gasteiger partial charge in [-0.2, -0.15) is 0 Å². The molecule has 0 aromatic carbocycles. The average molecular weight is 203 g/mol. The molecule has 0 saturated carbocycles. The number of hydrogen-bond donors (Lipinski definition) is 3. The van der Waals surface area contributed by atoms with Gasteiger partial charge >= 0.3 is 0 Å². The Kier molecular flexibility index (Phi) is 4.02. The van der Waals surface area contributed by atoms with Gasteiger partial charge in [-0.3, -0.25) is 4.79 Å². The third-order valence-corrected chi connectivity index (χ3v) is 3.22. The lowest BCUT2D eigenvalue weighted by Crippen LogP contribution is -2.67. The van der Waals surface area contributed by atoms with E-state index in [-0.39, 0.29) is 10.9 Å². The Bertz CT molecular complexity index is 188. The first-order valence-corrected chi connectivity index (χ1v) is 5.81. The molecular formula is C8H17N3OS. The highest BCUT2D eigenvalue weighted by atomic mass is 32.2. The summed E-state index contributed by atoms with van der Waals surface area (Å²) in [5, 5.41) is 2.96. The zero-order chi connectivity index (χ0) is 9.73. The normalized spacial score (nSPS) is 28.6. The van der Waals surface area contributed by atoms with Gasteiger partial charge in [0.15, 0.2) is 4.99 Å². The molecule has 76 valence electrons. The summed E-state index contributed by atoms with van der Waals surface area (Å²) in [4.78, 5) is 10.9. The molecule has 0 aliphatic carbocycles. The molecule has 3 N–H and O–H groups in total. The molecule has 0 radical (unpaired) electrons. The summed E-state index contributed by atoms with van der Waals surface area (Å²) >= 11 is 1.63. The van der Waals surface area contributed by atoms with E-state index < -0.39 is 0 Å². The molecule has 1 heterocycles. The van der Waals surface area contributed by atoms with Crippen LogP contribution in [0.15, 0.2) is 0 Å². The Morgan fingerprint density at radius 1 is 1.62 bits per heavy atom. The quantitative estimate of drug-likeness (QED) is 0.620. The number of carbonyl (C=O) groups is 1. The Balaban J connectivity index is 2.51. The minimum atomic E-state index is -0.300. The standard InChI is InChI=1S/C8H17N3OS/c1-3-4-5-8(13-2)10-7(12)6-9-11-8/h9,11H,3-6H2,1-2H3,(H,10,12). The van der Waals surface area contributed by atoms with Crippen LogP contribution in [0.2, 0.25) is 0 Å². The third-order valence-electron chi connectivity index (χ3n) is 2.11. The minimum Gasteiger partial charge on any atom is -0.327 e. The van der Waals surface area contributed by atoms with E-state index in [4.69, 9.17) is 0 Å². The molecule has 5 heteroatoms. The number of hydrogen-bond acceptors (Lipinski definition) is 4. The molecule has 1 aliphatic heterocycles. The second-order valence-corrected chi connectivity index (χ2v) is 4.27. The van der Waals surface area contributed by atoms with Gasteiger partial charge in [-0.25, -0.2) is 10.9 Å². The molecule has 0 bridgehead atoms. The summed E-state index contributed by atoms with van der Waals surface area (Å²) in [7, 11) is 0. The number of carbonyl (C=O) groups excluding carboxylic acids is 1. The van der Waals surface area contributed by atoms with E-state index in [1.165, 1.54) is 0 Å². The number of amides is 1. The molecule has 1 rings (SSSR count). The molecule has 1 unspecified atom stereocenters. The molecule has 0 aromatic rings. The van der Waals surface area contributed by atoms with Crippen molar-refractivity contribution >= 4 is 17.7 Å². The highest BCUT2D eigenvalue weighted by Crippen LogP contribution is 2.23. The molecular weight excluding hydrogens is 186 g/mol. The molecule has 1 saturated heterocycles. The van der Waals surface area contributed by atoms with Crippen LogP contribution in [0, 0.1) is 0 Å². The van der Waals surface area contributed by atoms with Gasteiger partial charge in [0, 0.05) is 0 Å². The first kappa shape index (κ1) is 10.8. The number of hydrazine groups is 1. The summed E-state index contributed by atoms with van der Waals surface area (Å²) in [5.41, 5.74) is 6.03. The van der Waals surface area contributed by atoms with Crippen LogP contribution >= 0.6 is 11.8 Å². The van der Waals surface area contributed by atoms with Crippen LogP contribution < -0.4 is 16.2 Å². The van der Waals surface area contributed by atoms with Crippen molar-refractivity contribution in [2.75, 3.05) is 12.8 Å². The highest BCUT2D eigenvalue weighted by Gasteiger charge is 2.32. The van der Waals surface area contributed by atoms with Crippen LogP contribution in [0.3, 0.4) is 0 Å². The Morgan fingerprint density at radius 2 is 2.38 bits per heavy atom. The van der Waals surface area contributed by atoms with Crippen LogP contribution in [0.25, 0.3) is 0 Å². The molecule has 1 atom stereocenters. The van der Waals surface area contributed by atoms with E-state index in [2.05, 4.69) is 23.1 Å². The van der Waals surface area contributed by atoms with Crippen molar-refractivity contribution in [2.45, 2.75) is 31.2 Å². The molecule has 1 aliphatic rings. The second-order valence-electron chi connectivity index (χ2n) is 3.16. The number of nitrogens with one attached hydrogen (secondary N) is 3. The van der Waals surface area contributed by atoms with E-state index in [1.807, 2.05) is 6.26 Å². The summed E-state index contributed by atoms with van der Waals surface area (Å²) in [6, 6.07) is 0.